The minimum atomic E-state index is 0.301. The van der Waals surface area contributed by atoms with Gasteiger partial charge in [-0.3, -0.25) is 0 Å². The molecule has 0 aromatic carbocycles. The molecular formula is C8H15NO. The van der Waals surface area contributed by atoms with Gasteiger partial charge in [-0.2, -0.15) is 0 Å². The summed E-state index contributed by atoms with van der Waals surface area (Å²) in [4.78, 5) is 10.1. The highest BCUT2D eigenvalue weighted by Crippen LogP contribution is 2.10. The molecule has 2 N–H and O–H groups in total. The maximum absolute atomic E-state index is 10.1. The maximum Gasteiger partial charge on any atom is 0.120 e. The van der Waals surface area contributed by atoms with Crippen LogP contribution in [-0.2, 0) is 4.79 Å². The van der Waals surface area contributed by atoms with E-state index in [4.69, 9.17) is 5.73 Å². The van der Waals surface area contributed by atoms with E-state index in [1.807, 2.05) is 6.92 Å². The summed E-state index contributed by atoms with van der Waals surface area (Å²) < 4.78 is 0. The highest BCUT2D eigenvalue weighted by Gasteiger charge is 2.04. The van der Waals surface area contributed by atoms with Crippen molar-refractivity contribution in [3.8, 4) is 0 Å². The van der Waals surface area contributed by atoms with Gasteiger partial charge >= 0.3 is 0 Å². The fourth-order valence-corrected chi connectivity index (χ4v) is 0.892. The van der Waals surface area contributed by atoms with Crippen molar-refractivity contribution in [1.29, 1.82) is 0 Å². The SMILES string of the molecule is C=C(C)CC(CN)CC=O. The van der Waals surface area contributed by atoms with Crippen molar-refractivity contribution in [1.82, 2.24) is 0 Å². The summed E-state index contributed by atoms with van der Waals surface area (Å²) in [6.07, 6.45) is 2.35. The Hall–Kier alpha value is -0.630. The lowest BCUT2D eigenvalue weighted by atomic mass is 9.99. The Bertz CT molecular complexity index is 120. The first-order valence-electron chi connectivity index (χ1n) is 3.48. The van der Waals surface area contributed by atoms with Crippen LogP contribution >= 0.6 is 0 Å². The van der Waals surface area contributed by atoms with Crippen LogP contribution in [0.3, 0.4) is 0 Å². The van der Waals surface area contributed by atoms with Gasteiger partial charge in [-0.1, -0.05) is 5.57 Å². The van der Waals surface area contributed by atoms with Gasteiger partial charge in [0.1, 0.15) is 6.29 Å². The zero-order chi connectivity index (χ0) is 7.98. The number of nitrogens with two attached hydrogens (primary N) is 1. The first-order valence-corrected chi connectivity index (χ1v) is 3.48. The van der Waals surface area contributed by atoms with Crippen LogP contribution in [0.25, 0.3) is 0 Å². The molecule has 0 heterocycles. The largest absolute Gasteiger partial charge is 0.330 e. The zero-order valence-corrected chi connectivity index (χ0v) is 6.47. The van der Waals surface area contributed by atoms with E-state index < -0.39 is 0 Å². The number of rotatable bonds is 5. The van der Waals surface area contributed by atoms with Crippen LogP contribution < -0.4 is 5.73 Å². The predicted octanol–water partition coefficient (Wildman–Crippen LogP) is 1.12. The summed E-state index contributed by atoms with van der Waals surface area (Å²) in [7, 11) is 0. The van der Waals surface area contributed by atoms with Crippen molar-refractivity contribution in [2.75, 3.05) is 6.54 Å². The number of carbonyl (C=O) groups is 1. The van der Waals surface area contributed by atoms with Gasteiger partial charge in [0.05, 0.1) is 0 Å². The molecule has 0 aliphatic rings. The van der Waals surface area contributed by atoms with Gasteiger partial charge in [0.2, 0.25) is 0 Å². The first-order chi connectivity index (χ1) is 4.70. The highest BCUT2D eigenvalue weighted by molar-refractivity contribution is 5.49. The van der Waals surface area contributed by atoms with Crippen LogP contribution in [0.2, 0.25) is 0 Å². The highest BCUT2D eigenvalue weighted by atomic mass is 16.1. The van der Waals surface area contributed by atoms with Gasteiger partial charge in [-0.15, -0.1) is 6.58 Å². The van der Waals surface area contributed by atoms with Gasteiger partial charge in [0, 0.05) is 6.42 Å². The standard InChI is InChI=1S/C8H15NO/c1-7(2)5-8(6-9)3-4-10/h4,8H,1,3,5-6,9H2,2H3. The molecule has 0 aromatic rings. The minimum absolute atomic E-state index is 0.301. The molecule has 1 unspecified atom stereocenters. The van der Waals surface area contributed by atoms with Crippen LogP contribution in [0, 0.1) is 5.92 Å². The summed E-state index contributed by atoms with van der Waals surface area (Å²) in [6, 6.07) is 0. The first kappa shape index (κ1) is 9.37. The van der Waals surface area contributed by atoms with Crippen molar-refractivity contribution in [3.05, 3.63) is 12.2 Å². The monoisotopic (exact) mass is 141 g/mol. The molecule has 2 heteroatoms. The van der Waals surface area contributed by atoms with Gasteiger partial charge in [-0.25, -0.2) is 0 Å². The smallest absolute Gasteiger partial charge is 0.120 e. The molecule has 0 fully saturated rings. The molecule has 0 aromatic heterocycles. The topological polar surface area (TPSA) is 43.1 Å². The third-order valence-electron chi connectivity index (χ3n) is 1.40. The number of aldehydes is 1. The van der Waals surface area contributed by atoms with Crippen molar-refractivity contribution in [3.63, 3.8) is 0 Å². The molecule has 0 aliphatic heterocycles. The molecule has 0 aliphatic carbocycles. The molecule has 0 spiro atoms. The maximum atomic E-state index is 10.1. The van der Waals surface area contributed by atoms with Crippen LogP contribution in [0.4, 0.5) is 0 Å². The molecule has 0 saturated heterocycles. The van der Waals surface area contributed by atoms with Gasteiger partial charge in [-0.05, 0) is 25.8 Å². The van der Waals surface area contributed by atoms with E-state index in [9.17, 15) is 4.79 Å². The molecule has 10 heavy (non-hydrogen) atoms. The Morgan fingerprint density at radius 3 is 2.70 bits per heavy atom. The molecule has 0 bridgehead atoms. The average molecular weight is 141 g/mol. The second-order valence-corrected chi connectivity index (χ2v) is 2.67. The van der Waals surface area contributed by atoms with E-state index in [1.165, 1.54) is 0 Å². The molecule has 0 saturated carbocycles. The second kappa shape index (κ2) is 5.18. The van der Waals surface area contributed by atoms with Crippen molar-refractivity contribution >= 4 is 6.29 Å². The van der Waals surface area contributed by atoms with Crippen LogP contribution in [0.15, 0.2) is 12.2 Å². The molecule has 0 rings (SSSR count). The fraction of sp³-hybridized carbons (Fsp3) is 0.625. The molecular weight excluding hydrogens is 126 g/mol. The van der Waals surface area contributed by atoms with Crippen LogP contribution in [-0.4, -0.2) is 12.8 Å². The minimum Gasteiger partial charge on any atom is -0.330 e. The predicted molar refractivity (Wildman–Crippen MR) is 42.7 cm³/mol. The molecule has 58 valence electrons. The van der Waals surface area contributed by atoms with Crippen molar-refractivity contribution < 1.29 is 4.79 Å². The lowest BCUT2D eigenvalue weighted by molar-refractivity contribution is -0.108. The summed E-state index contributed by atoms with van der Waals surface area (Å²) in [6.45, 7) is 6.28. The van der Waals surface area contributed by atoms with Gasteiger partial charge in [0.15, 0.2) is 0 Å². The van der Waals surface area contributed by atoms with Gasteiger partial charge < -0.3 is 10.5 Å². The molecule has 0 amide bonds. The summed E-state index contributed by atoms with van der Waals surface area (Å²) in [5.41, 5.74) is 6.50. The fourth-order valence-electron chi connectivity index (χ4n) is 0.892. The molecule has 1 atom stereocenters. The Kier molecular flexibility index (Phi) is 4.85. The lowest BCUT2D eigenvalue weighted by Gasteiger charge is -2.09. The Morgan fingerprint density at radius 1 is 1.80 bits per heavy atom. The van der Waals surface area contributed by atoms with E-state index in [1.54, 1.807) is 0 Å². The van der Waals surface area contributed by atoms with E-state index in [0.717, 1.165) is 18.3 Å². The number of allylic oxidation sites excluding steroid dienone is 1. The quantitative estimate of drug-likeness (QED) is 0.460. The average Bonchev–Trinajstić information content (AvgIpc) is 1.86. The summed E-state index contributed by atoms with van der Waals surface area (Å²) in [5, 5.41) is 0. The zero-order valence-electron chi connectivity index (χ0n) is 6.47. The normalized spacial score (nSPS) is 12.6. The Morgan fingerprint density at radius 2 is 2.40 bits per heavy atom. The summed E-state index contributed by atoms with van der Waals surface area (Å²) in [5.74, 6) is 0.301. The Balaban J connectivity index is 3.59. The molecule has 2 nitrogen and oxygen atoms in total. The van der Waals surface area contributed by atoms with Gasteiger partial charge in [0.25, 0.3) is 0 Å². The third-order valence-corrected chi connectivity index (χ3v) is 1.40. The molecule has 0 radical (unpaired) electrons. The summed E-state index contributed by atoms with van der Waals surface area (Å²) >= 11 is 0. The number of carbonyl (C=O) groups excluding carboxylic acids is 1. The number of hydrogen-bond donors (Lipinski definition) is 1. The lowest BCUT2D eigenvalue weighted by Crippen LogP contribution is -2.14. The third kappa shape index (κ3) is 4.27. The van der Waals surface area contributed by atoms with Crippen LogP contribution in [0.5, 0.6) is 0 Å². The van der Waals surface area contributed by atoms with E-state index in [2.05, 4.69) is 6.58 Å². The number of hydrogen-bond acceptors (Lipinski definition) is 2. The van der Waals surface area contributed by atoms with E-state index >= 15 is 0 Å². The van der Waals surface area contributed by atoms with E-state index in [-0.39, 0.29) is 0 Å². The van der Waals surface area contributed by atoms with Crippen molar-refractivity contribution in [2.24, 2.45) is 11.7 Å². The van der Waals surface area contributed by atoms with Crippen LogP contribution in [0.1, 0.15) is 19.8 Å². The van der Waals surface area contributed by atoms with E-state index in [0.29, 0.717) is 18.9 Å². The second-order valence-electron chi connectivity index (χ2n) is 2.67. The van der Waals surface area contributed by atoms with Crippen molar-refractivity contribution in [2.45, 2.75) is 19.8 Å². The Labute approximate surface area is 62.1 Å².